The van der Waals surface area contributed by atoms with Gasteiger partial charge in [-0.15, -0.1) is 11.3 Å². The van der Waals surface area contributed by atoms with Crippen molar-refractivity contribution in [2.45, 2.75) is 0 Å². The summed E-state index contributed by atoms with van der Waals surface area (Å²) in [6.07, 6.45) is 0. The zero-order valence-corrected chi connectivity index (χ0v) is 11.0. The molecule has 0 N–H and O–H groups in total. The third-order valence-corrected chi connectivity index (χ3v) is 4.01. The van der Waals surface area contributed by atoms with Gasteiger partial charge in [0.25, 0.3) is 0 Å². The Morgan fingerprint density at radius 3 is 2.72 bits per heavy atom. The van der Waals surface area contributed by atoms with Gasteiger partial charge in [-0.1, -0.05) is 35.9 Å². The molecule has 0 aliphatic rings. The standard InChI is InChI=1S/C15H9ClOS/c16-12-5-1-4-11(9-12)14(17)13-6-2-3-10-7-8-18-15(10)13/h1-9H. The summed E-state index contributed by atoms with van der Waals surface area (Å²) >= 11 is 7.51. The first-order valence-corrected chi connectivity index (χ1v) is 6.78. The van der Waals surface area contributed by atoms with Gasteiger partial charge in [0.1, 0.15) is 0 Å². The Morgan fingerprint density at radius 2 is 1.89 bits per heavy atom. The maximum absolute atomic E-state index is 12.5. The van der Waals surface area contributed by atoms with Crippen molar-refractivity contribution < 1.29 is 4.79 Å². The van der Waals surface area contributed by atoms with Crippen LogP contribution in [0.25, 0.3) is 10.1 Å². The van der Waals surface area contributed by atoms with E-state index in [1.807, 2.05) is 29.6 Å². The van der Waals surface area contributed by atoms with Gasteiger partial charge in [0.15, 0.2) is 5.78 Å². The van der Waals surface area contributed by atoms with E-state index in [4.69, 9.17) is 11.6 Å². The Hall–Kier alpha value is -1.64. The van der Waals surface area contributed by atoms with E-state index in [-0.39, 0.29) is 5.78 Å². The van der Waals surface area contributed by atoms with Crippen molar-refractivity contribution in [2.75, 3.05) is 0 Å². The summed E-state index contributed by atoms with van der Waals surface area (Å²) < 4.78 is 1.03. The van der Waals surface area contributed by atoms with Crippen LogP contribution in [0.2, 0.25) is 5.02 Å². The van der Waals surface area contributed by atoms with Crippen molar-refractivity contribution in [2.24, 2.45) is 0 Å². The van der Waals surface area contributed by atoms with E-state index in [0.717, 1.165) is 15.6 Å². The summed E-state index contributed by atoms with van der Waals surface area (Å²) in [6.45, 7) is 0. The second-order valence-electron chi connectivity index (χ2n) is 3.98. The lowest BCUT2D eigenvalue weighted by Gasteiger charge is -2.03. The Labute approximate surface area is 114 Å². The molecule has 0 spiro atoms. The van der Waals surface area contributed by atoms with Gasteiger partial charge in [-0.3, -0.25) is 4.79 Å². The quantitative estimate of drug-likeness (QED) is 0.613. The van der Waals surface area contributed by atoms with Crippen LogP contribution in [0.1, 0.15) is 15.9 Å². The number of ketones is 1. The number of carbonyl (C=O) groups excluding carboxylic acids is 1. The fourth-order valence-electron chi connectivity index (χ4n) is 1.96. The zero-order valence-electron chi connectivity index (χ0n) is 9.39. The molecule has 3 rings (SSSR count). The Morgan fingerprint density at radius 1 is 1.06 bits per heavy atom. The van der Waals surface area contributed by atoms with Crippen LogP contribution in [-0.4, -0.2) is 5.78 Å². The third kappa shape index (κ3) is 1.94. The van der Waals surface area contributed by atoms with Crippen LogP contribution in [0, 0.1) is 0 Å². The van der Waals surface area contributed by atoms with Gasteiger partial charge in [0.2, 0.25) is 0 Å². The number of hydrogen-bond acceptors (Lipinski definition) is 2. The highest BCUT2D eigenvalue weighted by molar-refractivity contribution is 7.17. The first kappa shape index (κ1) is 11.5. The number of rotatable bonds is 2. The summed E-state index contributed by atoms with van der Waals surface area (Å²) in [7, 11) is 0. The van der Waals surface area contributed by atoms with Crippen molar-refractivity contribution in [1.29, 1.82) is 0 Å². The Balaban J connectivity index is 2.15. The Kier molecular flexibility index (Phi) is 2.90. The molecular weight excluding hydrogens is 264 g/mol. The molecule has 0 atom stereocenters. The molecular formula is C15H9ClOS. The molecule has 1 nitrogen and oxygen atoms in total. The van der Waals surface area contributed by atoms with E-state index in [0.29, 0.717) is 10.6 Å². The fourth-order valence-corrected chi connectivity index (χ4v) is 3.06. The molecule has 0 unspecified atom stereocenters. The molecule has 18 heavy (non-hydrogen) atoms. The van der Waals surface area contributed by atoms with E-state index in [2.05, 4.69) is 0 Å². The number of carbonyl (C=O) groups is 1. The third-order valence-electron chi connectivity index (χ3n) is 2.81. The molecule has 0 fully saturated rings. The van der Waals surface area contributed by atoms with Crippen LogP contribution < -0.4 is 0 Å². The number of fused-ring (bicyclic) bond motifs is 1. The molecule has 1 aromatic heterocycles. The number of halogens is 1. The second kappa shape index (κ2) is 4.56. The highest BCUT2D eigenvalue weighted by Crippen LogP contribution is 2.27. The molecule has 3 aromatic rings. The van der Waals surface area contributed by atoms with E-state index in [1.54, 1.807) is 35.6 Å². The molecule has 0 bridgehead atoms. The van der Waals surface area contributed by atoms with Crippen LogP contribution in [0.5, 0.6) is 0 Å². The summed E-state index contributed by atoms with van der Waals surface area (Å²) in [6, 6.07) is 14.9. The van der Waals surface area contributed by atoms with Crippen molar-refractivity contribution >= 4 is 38.8 Å². The highest BCUT2D eigenvalue weighted by atomic mass is 35.5. The van der Waals surface area contributed by atoms with Crippen LogP contribution in [0.15, 0.2) is 53.9 Å². The van der Waals surface area contributed by atoms with E-state index in [9.17, 15) is 4.79 Å². The van der Waals surface area contributed by atoms with E-state index < -0.39 is 0 Å². The first-order chi connectivity index (χ1) is 8.75. The summed E-state index contributed by atoms with van der Waals surface area (Å²) in [5.74, 6) is 0.0190. The minimum atomic E-state index is 0.0190. The molecule has 0 aliphatic carbocycles. The van der Waals surface area contributed by atoms with Gasteiger partial charge in [-0.25, -0.2) is 0 Å². The van der Waals surface area contributed by atoms with Crippen LogP contribution >= 0.6 is 22.9 Å². The molecule has 88 valence electrons. The van der Waals surface area contributed by atoms with Gasteiger partial charge >= 0.3 is 0 Å². The van der Waals surface area contributed by atoms with Crippen LogP contribution in [-0.2, 0) is 0 Å². The lowest BCUT2D eigenvalue weighted by Crippen LogP contribution is -2.00. The van der Waals surface area contributed by atoms with Crippen LogP contribution in [0.3, 0.4) is 0 Å². The number of benzene rings is 2. The normalized spacial score (nSPS) is 10.7. The van der Waals surface area contributed by atoms with Gasteiger partial charge < -0.3 is 0 Å². The SMILES string of the molecule is O=C(c1cccc(Cl)c1)c1cccc2ccsc12. The summed E-state index contributed by atoms with van der Waals surface area (Å²) in [5.41, 5.74) is 1.37. The number of thiophene rings is 1. The van der Waals surface area contributed by atoms with Gasteiger partial charge in [-0.05, 0) is 35.0 Å². The number of hydrogen-bond donors (Lipinski definition) is 0. The van der Waals surface area contributed by atoms with Crippen molar-refractivity contribution in [3.8, 4) is 0 Å². The molecule has 0 radical (unpaired) electrons. The van der Waals surface area contributed by atoms with Crippen molar-refractivity contribution in [3.63, 3.8) is 0 Å². The summed E-state index contributed by atoms with van der Waals surface area (Å²) in [4.78, 5) is 12.5. The highest BCUT2D eigenvalue weighted by Gasteiger charge is 2.13. The average Bonchev–Trinajstić information content (AvgIpc) is 2.86. The van der Waals surface area contributed by atoms with Gasteiger partial charge in [-0.2, -0.15) is 0 Å². The minimum Gasteiger partial charge on any atom is -0.289 e. The largest absolute Gasteiger partial charge is 0.289 e. The maximum Gasteiger partial charge on any atom is 0.194 e. The zero-order chi connectivity index (χ0) is 12.5. The molecule has 0 aliphatic heterocycles. The van der Waals surface area contributed by atoms with Gasteiger partial charge in [0.05, 0.1) is 0 Å². The fraction of sp³-hybridized carbons (Fsp3) is 0. The minimum absolute atomic E-state index is 0.0190. The van der Waals surface area contributed by atoms with Gasteiger partial charge in [0, 0.05) is 20.8 Å². The predicted octanol–water partition coefficient (Wildman–Crippen LogP) is 4.79. The molecule has 3 heteroatoms. The lowest BCUT2D eigenvalue weighted by molar-refractivity contribution is 0.104. The van der Waals surface area contributed by atoms with E-state index >= 15 is 0 Å². The van der Waals surface area contributed by atoms with E-state index in [1.165, 1.54) is 0 Å². The molecule has 2 aromatic carbocycles. The Bertz CT molecular complexity index is 730. The summed E-state index contributed by atoms with van der Waals surface area (Å²) in [5, 5.41) is 3.69. The van der Waals surface area contributed by atoms with Crippen LogP contribution in [0.4, 0.5) is 0 Å². The average molecular weight is 273 g/mol. The molecule has 1 heterocycles. The molecule has 0 saturated carbocycles. The molecule has 0 amide bonds. The monoisotopic (exact) mass is 272 g/mol. The smallest absolute Gasteiger partial charge is 0.194 e. The maximum atomic E-state index is 12.5. The topological polar surface area (TPSA) is 17.1 Å². The lowest BCUT2D eigenvalue weighted by atomic mass is 10.0. The molecule has 0 saturated heterocycles. The predicted molar refractivity (Wildman–Crippen MR) is 76.7 cm³/mol. The second-order valence-corrected chi connectivity index (χ2v) is 5.34. The van der Waals surface area contributed by atoms with Crippen molar-refractivity contribution in [3.05, 3.63) is 70.1 Å². The first-order valence-electron chi connectivity index (χ1n) is 5.52. The van der Waals surface area contributed by atoms with Crippen molar-refractivity contribution in [1.82, 2.24) is 0 Å².